The lowest BCUT2D eigenvalue weighted by Gasteiger charge is -2.24. The van der Waals surface area contributed by atoms with Gasteiger partial charge in [0, 0.05) is 19.1 Å². The Kier molecular flexibility index (Phi) is 3.70. The number of anilines is 1. The first-order chi connectivity index (χ1) is 7.88. The van der Waals surface area contributed by atoms with Gasteiger partial charge >= 0.3 is 0 Å². The predicted molar refractivity (Wildman–Crippen MR) is 60.1 cm³/mol. The normalized spacial score (nSPS) is 20.1. The Morgan fingerprint density at radius 2 is 2.56 bits per heavy atom. The van der Waals surface area contributed by atoms with Gasteiger partial charge in [-0.2, -0.15) is 5.26 Å². The van der Waals surface area contributed by atoms with Crippen LogP contribution in [0.5, 0.6) is 0 Å². The van der Waals surface area contributed by atoms with Gasteiger partial charge in [0.25, 0.3) is 0 Å². The summed E-state index contributed by atoms with van der Waals surface area (Å²) in [4.78, 5) is 3.99. The minimum absolute atomic E-state index is 0.337. The molecule has 0 radical (unpaired) electrons. The number of hydrogen-bond donors (Lipinski definition) is 2. The van der Waals surface area contributed by atoms with Crippen molar-refractivity contribution in [3.05, 3.63) is 24.0 Å². The second-order valence-corrected chi connectivity index (χ2v) is 3.65. The van der Waals surface area contributed by atoms with Crippen molar-refractivity contribution in [3.8, 4) is 6.07 Å². The summed E-state index contributed by atoms with van der Waals surface area (Å²) in [5.41, 5.74) is 1.36. The van der Waals surface area contributed by atoms with E-state index in [-0.39, 0.29) is 0 Å². The number of nitrogens with zero attached hydrogens (tertiary/aromatic N) is 2. The largest absolute Gasteiger partial charge is 0.382 e. The van der Waals surface area contributed by atoms with E-state index in [1.807, 2.05) is 12.1 Å². The van der Waals surface area contributed by atoms with Crippen molar-refractivity contribution in [2.45, 2.75) is 6.04 Å². The molecule has 2 heterocycles. The van der Waals surface area contributed by atoms with Crippen LogP contribution in [-0.2, 0) is 4.74 Å². The van der Waals surface area contributed by atoms with E-state index < -0.39 is 0 Å². The molecule has 0 aliphatic carbocycles. The highest BCUT2D eigenvalue weighted by atomic mass is 16.5. The van der Waals surface area contributed by atoms with Crippen molar-refractivity contribution >= 4 is 5.69 Å². The molecule has 1 unspecified atom stereocenters. The minimum Gasteiger partial charge on any atom is -0.382 e. The van der Waals surface area contributed by atoms with Gasteiger partial charge in [-0.15, -0.1) is 0 Å². The van der Waals surface area contributed by atoms with Crippen LogP contribution in [0.15, 0.2) is 18.3 Å². The zero-order valence-electron chi connectivity index (χ0n) is 8.94. The summed E-state index contributed by atoms with van der Waals surface area (Å²) < 4.78 is 5.35. The number of pyridine rings is 1. The second-order valence-electron chi connectivity index (χ2n) is 3.65. The van der Waals surface area contributed by atoms with E-state index in [9.17, 15) is 0 Å². The zero-order valence-corrected chi connectivity index (χ0v) is 8.94. The third-order valence-electron chi connectivity index (χ3n) is 2.43. The van der Waals surface area contributed by atoms with E-state index in [1.165, 1.54) is 0 Å². The van der Waals surface area contributed by atoms with Crippen LogP contribution in [-0.4, -0.2) is 37.3 Å². The Balaban J connectivity index is 1.82. The Morgan fingerprint density at radius 1 is 1.62 bits per heavy atom. The number of aromatic nitrogens is 1. The van der Waals surface area contributed by atoms with Gasteiger partial charge in [-0.25, -0.2) is 4.98 Å². The molecule has 1 aromatic heterocycles. The lowest BCUT2D eigenvalue weighted by Crippen LogP contribution is -2.45. The molecule has 0 bridgehead atoms. The number of rotatable bonds is 3. The second kappa shape index (κ2) is 5.45. The van der Waals surface area contributed by atoms with Crippen LogP contribution >= 0.6 is 0 Å². The highest BCUT2D eigenvalue weighted by Gasteiger charge is 2.11. The lowest BCUT2D eigenvalue weighted by atomic mass is 10.2. The predicted octanol–water partition coefficient (Wildman–Crippen LogP) is 0.354. The summed E-state index contributed by atoms with van der Waals surface area (Å²) in [5, 5.41) is 15.2. The van der Waals surface area contributed by atoms with E-state index in [1.54, 1.807) is 12.3 Å². The van der Waals surface area contributed by atoms with Gasteiger partial charge in [0.2, 0.25) is 0 Å². The topological polar surface area (TPSA) is 70.0 Å². The van der Waals surface area contributed by atoms with Crippen LogP contribution in [0.4, 0.5) is 5.69 Å². The quantitative estimate of drug-likeness (QED) is 0.766. The number of ether oxygens (including phenoxy) is 1. The van der Waals surface area contributed by atoms with E-state index in [2.05, 4.69) is 15.6 Å². The van der Waals surface area contributed by atoms with Gasteiger partial charge in [-0.05, 0) is 12.1 Å². The molecule has 0 aromatic carbocycles. The third-order valence-corrected chi connectivity index (χ3v) is 2.43. The Bertz CT molecular complexity index is 365. The Morgan fingerprint density at radius 3 is 3.19 bits per heavy atom. The number of morpholine rings is 1. The summed E-state index contributed by atoms with van der Waals surface area (Å²) in [6, 6.07) is 5.88. The highest BCUT2D eigenvalue weighted by molar-refractivity contribution is 5.42. The monoisotopic (exact) mass is 218 g/mol. The fourth-order valence-electron chi connectivity index (χ4n) is 1.56. The first-order valence-electron chi connectivity index (χ1n) is 5.29. The van der Waals surface area contributed by atoms with Gasteiger partial charge in [-0.3, -0.25) is 0 Å². The molecule has 0 saturated carbocycles. The van der Waals surface area contributed by atoms with Crippen LogP contribution in [0.3, 0.4) is 0 Å². The van der Waals surface area contributed by atoms with E-state index in [0.29, 0.717) is 11.7 Å². The standard InChI is InChI=1S/C11H14N4O/c12-5-9-1-2-10(6-14-9)15-7-11-8-16-4-3-13-11/h1-2,6,11,13,15H,3-4,7-8H2. The van der Waals surface area contributed by atoms with Crippen molar-refractivity contribution < 1.29 is 4.74 Å². The van der Waals surface area contributed by atoms with Crippen LogP contribution in [0.25, 0.3) is 0 Å². The third kappa shape index (κ3) is 2.92. The molecule has 0 spiro atoms. The van der Waals surface area contributed by atoms with Crippen LogP contribution < -0.4 is 10.6 Å². The first-order valence-corrected chi connectivity index (χ1v) is 5.29. The van der Waals surface area contributed by atoms with Crippen molar-refractivity contribution in [2.75, 3.05) is 31.6 Å². The maximum absolute atomic E-state index is 8.60. The van der Waals surface area contributed by atoms with Crippen molar-refractivity contribution in [1.29, 1.82) is 5.26 Å². The van der Waals surface area contributed by atoms with Gasteiger partial charge in [-0.1, -0.05) is 0 Å². The minimum atomic E-state index is 0.337. The van der Waals surface area contributed by atoms with Gasteiger partial charge in [0.05, 0.1) is 25.1 Å². The average molecular weight is 218 g/mol. The molecule has 5 heteroatoms. The summed E-state index contributed by atoms with van der Waals surface area (Å²) in [5.74, 6) is 0. The van der Waals surface area contributed by atoms with Gasteiger partial charge < -0.3 is 15.4 Å². The number of nitrogens with one attached hydrogen (secondary N) is 2. The van der Waals surface area contributed by atoms with Gasteiger partial charge in [0.15, 0.2) is 0 Å². The molecular formula is C11H14N4O. The maximum Gasteiger partial charge on any atom is 0.140 e. The Hall–Kier alpha value is -1.64. The molecule has 1 aliphatic rings. The summed E-state index contributed by atoms with van der Waals surface area (Å²) in [6.07, 6.45) is 1.67. The van der Waals surface area contributed by atoms with Crippen LogP contribution in [0.2, 0.25) is 0 Å². The lowest BCUT2D eigenvalue weighted by molar-refractivity contribution is 0.0806. The smallest absolute Gasteiger partial charge is 0.140 e. The zero-order chi connectivity index (χ0) is 11.2. The first kappa shape index (κ1) is 10.9. The molecule has 2 N–H and O–H groups in total. The Labute approximate surface area is 94.4 Å². The van der Waals surface area contributed by atoms with Crippen LogP contribution in [0.1, 0.15) is 5.69 Å². The fourth-order valence-corrected chi connectivity index (χ4v) is 1.56. The van der Waals surface area contributed by atoms with Crippen molar-refractivity contribution in [1.82, 2.24) is 10.3 Å². The van der Waals surface area contributed by atoms with Crippen LogP contribution in [0, 0.1) is 11.3 Å². The molecule has 1 atom stereocenters. The molecule has 16 heavy (non-hydrogen) atoms. The van der Waals surface area contributed by atoms with E-state index in [0.717, 1.165) is 32.0 Å². The van der Waals surface area contributed by atoms with Gasteiger partial charge in [0.1, 0.15) is 11.8 Å². The molecule has 1 fully saturated rings. The molecule has 1 saturated heterocycles. The average Bonchev–Trinajstić information content (AvgIpc) is 2.38. The molecule has 2 rings (SSSR count). The summed E-state index contributed by atoms with van der Waals surface area (Å²) >= 11 is 0. The molecule has 1 aliphatic heterocycles. The molecular weight excluding hydrogens is 204 g/mol. The summed E-state index contributed by atoms with van der Waals surface area (Å²) in [7, 11) is 0. The fraction of sp³-hybridized carbons (Fsp3) is 0.455. The number of nitriles is 1. The molecule has 84 valence electrons. The number of hydrogen-bond acceptors (Lipinski definition) is 5. The SMILES string of the molecule is N#Cc1ccc(NCC2COCCN2)cn1. The van der Waals surface area contributed by atoms with E-state index >= 15 is 0 Å². The highest BCUT2D eigenvalue weighted by Crippen LogP contribution is 2.05. The maximum atomic E-state index is 8.60. The molecule has 5 nitrogen and oxygen atoms in total. The van der Waals surface area contributed by atoms with Crippen molar-refractivity contribution in [2.24, 2.45) is 0 Å². The van der Waals surface area contributed by atoms with E-state index in [4.69, 9.17) is 10.00 Å². The molecule has 1 aromatic rings. The summed E-state index contributed by atoms with van der Waals surface area (Å²) in [6.45, 7) is 3.22. The van der Waals surface area contributed by atoms with Crippen molar-refractivity contribution in [3.63, 3.8) is 0 Å². The molecule has 0 amide bonds.